The topological polar surface area (TPSA) is 79.8 Å². The maximum atomic E-state index is 12.4. The number of hydrogen-bond acceptors (Lipinski definition) is 4. The molecule has 168 valence electrons. The molecule has 0 bridgehead atoms. The molecule has 0 aliphatic rings. The van der Waals surface area contributed by atoms with Gasteiger partial charge >= 0.3 is 0 Å². The first-order chi connectivity index (χ1) is 16.6. The van der Waals surface area contributed by atoms with Gasteiger partial charge in [-0.2, -0.15) is 5.10 Å². The normalized spacial score (nSPS) is 10.6. The molecule has 0 fully saturated rings. The van der Waals surface area contributed by atoms with Crippen LogP contribution in [0.4, 0.5) is 5.69 Å². The second kappa shape index (κ2) is 10.9. The van der Waals surface area contributed by atoms with E-state index in [1.54, 1.807) is 48.5 Å². The van der Waals surface area contributed by atoms with Gasteiger partial charge in [0.15, 0.2) is 0 Å². The molecular formula is C27H20ClN3O3. The number of benzene rings is 4. The highest BCUT2D eigenvalue weighted by atomic mass is 35.5. The Morgan fingerprint density at radius 3 is 2.12 bits per heavy atom. The number of carbonyl (C=O) groups excluding carboxylic acids is 2. The number of hydrazone groups is 1. The molecule has 0 unspecified atom stereocenters. The summed E-state index contributed by atoms with van der Waals surface area (Å²) in [7, 11) is 0. The lowest BCUT2D eigenvalue weighted by Gasteiger charge is -2.07. The number of rotatable bonds is 7. The summed E-state index contributed by atoms with van der Waals surface area (Å²) in [6.45, 7) is 0. The molecule has 34 heavy (non-hydrogen) atoms. The Labute approximate surface area is 201 Å². The van der Waals surface area contributed by atoms with Crippen molar-refractivity contribution in [1.29, 1.82) is 0 Å². The van der Waals surface area contributed by atoms with Gasteiger partial charge in [-0.1, -0.05) is 41.9 Å². The van der Waals surface area contributed by atoms with E-state index in [1.807, 2.05) is 54.6 Å². The van der Waals surface area contributed by atoms with Crippen LogP contribution in [-0.2, 0) is 0 Å². The van der Waals surface area contributed by atoms with Crippen molar-refractivity contribution in [3.63, 3.8) is 0 Å². The lowest BCUT2D eigenvalue weighted by atomic mass is 10.1. The summed E-state index contributed by atoms with van der Waals surface area (Å²) in [6.07, 6.45) is 1.54. The zero-order valence-electron chi connectivity index (χ0n) is 17.9. The third-order valence-electron chi connectivity index (χ3n) is 4.73. The summed E-state index contributed by atoms with van der Waals surface area (Å²) in [5.74, 6) is 0.760. The molecule has 4 aromatic carbocycles. The predicted molar refractivity (Wildman–Crippen MR) is 134 cm³/mol. The summed E-state index contributed by atoms with van der Waals surface area (Å²) >= 11 is 5.85. The predicted octanol–water partition coefficient (Wildman–Crippen LogP) is 6.15. The molecule has 0 aliphatic carbocycles. The number of ether oxygens (including phenoxy) is 1. The summed E-state index contributed by atoms with van der Waals surface area (Å²) in [4.78, 5) is 24.7. The zero-order chi connectivity index (χ0) is 23.8. The lowest BCUT2D eigenvalue weighted by molar-refractivity contribution is 0.0954. The largest absolute Gasteiger partial charge is 0.457 e. The highest BCUT2D eigenvalue weighted by Crippen LogP contribution is 2.21. The van der Waals surface area contributed by atoms with E-state index in [4.69, 9.17) is 16.3 Å². The Hall–Kier alpha value is -4.42. The summed E-state index contributed by atoms with van der Waals surface area (Å²) in [6, 6.07) is 29.9. The van der Waals surface area contributed by atoms with Crippen LogP contribution in [0.25, 0.3) is 0 Å². The lowest BCUT2D eigenvalue weighted by Crippen LogP contribution is -2.17. The SMILES string of the molecule is O=C(N/N=C\c1cccc(Oc2ccccc2)c1)c1ccc(NC(=O)c2ccc(Cl)cc2)cc1. The van der Waals surface area contributed by atoms with Crippen molar-refractivity contribution < 1.29 is 14.3 Å². The van der Waals surface area contributed by atoms with Gasteiger partial charge < -0.3 is 10.1 Å². The monoisotopic (exact) mass is 469 g/mol. The molecular weight excluding hydrogens is 450 g/mol. The van der Waals surface area contributed by atoms with Crippen LogP contribution >= 0.6 is 11.6 Å². The van der Waals surface area contributed by atoms with E-state index in [0.717, 1.165) is 11.3 Å². The molecule has 0 aromatic heterocycles. The number of anilines is 1. The zero-order valence-corrected chi connectivity index (χ0v) is 18.7. The van der Waals surface area contributed by atoms with Gasteiger partial charge in [-0.3, -0.25) is 9.59 Å². The van der Waals surface area contributed by atoms with Crippen LogP contribution in [0.1, 0.15) is 26.3 Å². The molecule has 6 nitrogen and oxygen atoms in total. The van der Waals surface area contributed by atoms with Crippen molar-refractivity contribution in [2.75, 3.05) is 5.32 Å². The minimum Gasteiger partial charge on any atom is -0.457 e. The first-order valence-corrected chi connectivity index (χ1v) is 10.8. The van der Waals surface area contributed by atoms with Crippen molar-refractivity contribution in [2.24, 2.45) is 5.10 Å². The minimum absolute atomic E-state index is 0.267. The van der Waals surface area contributed by atoms with Crippen LogP contribution in [0, 0.1) is 0 Å². The van der Waals surface area contributed by atoms with Crippen LogP contribution < -0.4 is 15.5 Å². The van der Waals surface area contributed by atoms with E-state index in [2.05, 4.69) is 15.8 Å². The number of halogens is 1. The smallest absolute Gasteiger partial charge is 0.271 e. The van der Waals surface area contributed by atoms with E-state index in [9.17, 15) is 9.59 Å². The van der Waals surface area contributed by atoms with Gasteiger partial charge in [0.1, 0.15) is 11.5 Å². The fourth-order valence-corrected chi connectivity index (χ4v) is 3.15. The van der Waals surface area contributed by atoms with Gasteiger partial charge in [-0.25, -0.2) is 5.43 Å². The molecule has 0 aliphatic heterocycles. The van der Waals surface area contributed by atoms with Gasteiger partial charge in [-0.15, -0.1) is 0 Å². The van der Waals surface area contributed by atoms with Crippen molar-refractivity contribution in [3.8, 4) is 11.5 Å². The first-order valence-electron chi connectivity index (χ1n) is 10.4. The van der Waals surface area contributed by atoms with E-state index in [1.165, 1.54) is 6.21 Å². The van der Waals surface area contributed by atoms with Crippen LogP contribution in [0.15, 0.2) is 108 Å². The van der Waals surface area contributed by atoms with E-state index < -0.39 is 0 Å². The maximum Gasteiger partial charge on any atom is 0.271 e. The molecule has 2 amide bonds. The fourth-order valence-electron chi connectivity index (χ4n) is 3.02. The third kappa shape index (κ3) is 6.31. The molecule has 0 radical (unpaired) electrons. The molecule has 7 heteroatoms. The van der Waals surface area contributed by atoms with Gasteiger partial charge in [0.25, 0.3) is 11.8 Å². The summed E-state index contributed by atoms with van der Waals surface area (Å²) < 4.78 is 5.80. The molecule has 0 saturated carbocycles. The van der Waals surface area contributed by atoms with Crippen LogP contribution in [0.5, 0.6) is 11.5 Å². The van der Waals surface area contributed by atoms with Gasteiger partial charge in [0, 0.05) is 21.8 Å². The molecule has 4 aromatic rings. The Morgan fingerprint density at radius 2 is 1.38 bits per heavy atom. The van der Waals surface area contributed by atoms with Crippen molar-refractivity contribution >= 4 is 35.3 Å². The number of nitrogens with zero attached hydrogens (tertiary/aromatic N) is 1. The number of nitrogens with one attached hydrogen (secondary N) is 2. The summed E-state index contributed by atoms with van der Waals surface area (Å²) in [5.41, 5.74) is 4.73. The van der Waals surface area contributed by atoms with E-state index in [-0.39, 0.29) is 11.8 Å². The first kappa shape index (κ1) is 22.8. The average molecular weight is 470 g/mol. The number of carbonyl (C=O) groups is 2. The Balaban J connectivity index is 1.32. The Kier molecular flexibility index (Phi) is 7.32. The van der Waals surface area contributed by atoms with Crippen molar-refractivity contribution in [3.05, 3.63) is 125 Å². The Bertz CT molecular complexity index is 1310. The van der Waals surface area contributed by atoms with E-state index >= 15 is 0 Å². The molecule has 0 saturated heterocycles. The molecule has 2 N–H and O–H groups in total. The highest BCUT2D eigenvalue weighted by Gasteiger charge is 2.08. The molecule has 0 heterocycles. The number of amides is 2. The average Bonchev–Trinajstić information content (AvgIpc) is 2.86. The quantitative estimate of drug-likeness (QED) is 0.251. The minimum atomic E-state index is -0.372. The third-order valence-corrected chi connectivity index (χ3v) is 4.98. The van der Waals surface area contributed by atoms with Crippen molar-refractivity contribution in [1.82, 2.24) is 5.43 Å². The van der Waals surface area contributed by atoms with E-state index in [0.29, 0.717) is 27.6 Å². The number of para-hydroxylation sites is 1. The Morgan fingerprint density at radius 1 is 0.735 bits per heavy atom. The fraction of sp³-hybridized carbons (Fsp3) is 0. The van der Waals surface area contributed by atoms with Crippen LogP contribution in [0.2, 0.25) is 5.02 Å². The van der Waals surface area contributed by atoms with Crippen LogP contribution in [0.3, 0.4) is 0 Å². The van der Waals surface area contributed by atoms with Gasteiger partial charge in [0.05, 0.1) is 6.21 Å². The highest BCUT2D eigenvalue weighted by molar-refractivity contribution is 6.30. The van der Waals surface area contributed by atoms with Crippen LogP contribution in [-0.4, -0.2) is 18.0 Å². The summed E-state index contributed by atoms with van der Waals surface area (Å²) in [5, 5.41) is 7.36. The van der Waals surface area contributed by atoms with Gasteiger partial charge in [0.2, 0.25) is 0 Å². The second-order valence-corrected chi connectivity index (χ2v) is 7.66. The number of hydrogen-bond donors (Lipinski definition) is 2. The van der Waals surface area contributed by atoms with Gasteiger partial charge in [-0.05, 0) is 78.4 Å². The second-order valence-electron chi connectivity index (χ2n) is 7.23. The maximum absolute atomic E-state index is 12.4. The molecule has 0 atom stereocenters. The standard InChI is InChI=1S/C27H20ClN3O3/c28-22-13-9-20(10-14-22)26(32)30-23-15-11-21(12-16-23)27(33)31-29-18-19-5-4-8-25(17-19)34-24-6-2-1-3-7-24/h1-18H,(H,30,32)(H,31,33)/b29-18-. The van der Waals surface area contributed by atoms with Crippen molar-refractivity contribution in [2.45, 2.75) is 0 Å². The molecule has 0 spiro atoms. The molecule has 4 rings (SSSR count).